The van der Waals surface area contributed by atoms with Crippen molar-refractivity contribution in [1.82, 2.24) is 14.6 Å². The Hall–Kier alpha value is -1.33. The van der Waals surface area contributed by atoms with E-state index < -0.39 is 0 Å². The van der Waals surface area contributed by atoms with Gasteiger partial charge in [0.15, 0.2) is 5.65 Å². The van der Waals surface area contributed by atoms with E-state index in [4.69, 9.17) is 22.4 Å². The van der Waals surface area contributed by atoms with Crippen molar-refractivity contribution in [3.63, 3.8) is 0 Å². The molecular formula is C7H7ClN4O. The summed E-state index contributed by atoms with van der Waals surface area (Å²) in [6.45, 7) is -0.0879. The number of pyridine rings is 1. The quantitative estimate of drug-likeness (QED) is 0.698. The Kier molecular flexibility index (Phi) is 1.82. The number of aromatic nitrogens is 3. The number of hydrogen-bond donors (Lipinski definition) is 2. The van der Waals surface area contributed by atoms with Gasteiger partial charge in [-0.1, -0.05) is 11.6 Å². The smallest absolute Gasteiger partial charge is 0.240 e. The summed E-state index contributed by atoms with van der Waals surface area (Å²) >= 11 is 5.86. The Balaban J connectivity index is 2.75. The zero-order valence-electron chi connectivity index (χ0n) is 6.61. The van der Waals surface area contributed by atoms with Crippen LogP contribution in [0.15, 0.2) is 12.3 Å². The molecule has 2 aromatic rings. The molecule has 0 aliphatic carbocycles. The van der Waals surface area contributed by atoms with Crippen molar-refractivity contribution in [3.8, 4) is 0 Å². The molecule has 0 spiro atoms. The van der Waals surface area contributed by atoms with Gasteiger partial charge < -0.3 is 10.8 Å². The van der Waals surface area contributed by atoms with E-state index in [-0.39, 0.29) is 12.6 Å². The van der Waals surface area contributed by atoms with Crippen LogP contribution in [0.1, 0.15) is 5.56 Å². The van der Waals surface area contributed by atoms with Gasteiger partial charge >= 0.3 is 0 Å². The number of fused-ring (bicyclic) bond motifs is 1. The van der Waals surface area contributed by atoms with Crippen LogP contribution in [0.3, 0.4) is 0 Å². The second-order valence-corrected chi connectivity index (χ2v) is 3.00. The van der Waals surface area contributed by atoms with E-state index in [9.17, 15) is 0 Å². The summed E-state index contributed by atoms with van der Waals surface area (Å²) in [5.74, 6) is 0.164. The molecule has 3 N–H and O–H groups in total. The molecule has 0 aromatic carbocycles. The van der Waals surface area contributed by atoms with Crippen molar-refractivity contribution in [1.29, 1.82) is 0 Å². The summed E-state index contributed by atoms with van der Waals surface area (Å²) in [6.07, 6.45) is 1.63. The fraction of sp³-hybridized carbons (Fsp3) is 0.143. The van der Waals surface area contributed by atoms with Gasteiger partial charge in [0.05, 0.1) is 11.6 Å². The molecule has 6 heteroatoms. The van der Waals surface area contributed by atoms with Crippen LogP contribution in [0.4, 0.5) is 5.95 Å². The molecular weight excluding hydrogens is 192 g/mol. The number of hydrogen-bond acceptors (Lipinski definition) is 4. The van der Waals surface area contributed by atoms with E-state index in [0.29, 0.717) is 16.2 Å². The first-order valence-electron chi connectivity index (χ1n) is 3.62. The zero-order valence-corrected chi connectivity index (χ0v) is 7.36. The van der Waals surface area contributed by atoms with Crippen LogP contribution in [0.25, 0.3) is 5.65 Å². The van der Waals surface area contributed by atoms with Gasteiger partial charge in [-0.2, -0.15) is 4.98 Å². The maximum atomic E-state index is 8.88. The monoisotopic (exact) mass is 198 g/mol. The van der Waals surface area contributed by atoms with Crippen molar-refractivity contribution in [3.05, 3.63) is 22.8 Å². The Bertz CT molecular complexity index is 453. The molecule has 0 saturated carbocycles. The van der Waals surface area contributed by atoms with Crippen LogP contribution < -0.4 is 5.73 Å². The average Bonchev–Trinajstić information content (AvgIpc) is 2.46. The SMILES string of the molecule is Nc1nc2c(Cl)cc(CO)cn2n1. The molecule has 0 saturated heterocycles. The number of halogens is 1. The lowest BCUT2D eigenvalue weighted by molar-refractivity contribution is 0.281. The molecule has 68 valence electrons. The molecule has 0 unspecified atom stereocenters. The first-order valence-corrected chi connectivity index (χ1v) is 3.99. The summed E-state index contributed by atoms with van der Waals surface area (Å²) < 4.78 is 1.45. The number of aliphatic hydroxyl groups is 1. The molecule has 0 amide bonds. The van der Waals surface area contributed by atoms with E-state index >= 15 is 0 Å². The lowest BCUT2D eigenvalue weighted by Crippen LogP contribution is -1.93. The Morgan fingerprint density at radius 3 is 3.08 bits per heavy atom. The van der Waals surface area contributed by atoms with E-state index in [2.05, 4.69) is 10.1 Å². The molecule has 2 heterocycles. The molecule has 2 rings (SSSR count). The molecule has 0 atom stereocenters. The minimum Gasteiger partial charge on any atom is -0.392 e. The third-order valence-corrected chi connectivity index (χ3v) is 1.92. The minimum atomic E-state index is -0.0879. The maximum absolute atomic E-state index is 8.88. The third kappa shape index (κ3) is 1.32. The molecule has 2 aromatic heterocycles. The van der Waals surface area contributed by atoms with Gasteiger partial charge in [0.25, 0.3) is 0 Å². The molecule has 0 aliphatic heterocycles. The lowest BCUT2D eigenvalue weighted by atomic mass is 10.3. The molecule has 5 nitrogen and oxygen atoms in total. The maximum Gasteiger partial charge on any atom is 0.240 e. The normalized spacial score (nSPS) is 10.9. The topological polar surface area (TPSA) is 76.4 Å². The zero-order chi connectivity index (χ0) is 9.42. The molecule has 0 fully saturated rings. The number of anilines is 1. The largest absolute Gasteiger partial charge is 0.392 e. The van der Waals surface area contributed by atoms with Gasteiger partial charge in [-0.05, 0) is 11.6 Å². The Labute approximate surface area is 78.8 Å². The first-order chi connectivity index (χ1) is 6.20. The number of nitrogens with two attached hydrogens (primary N) is 1. The number of aliphatic hydroxyl groups excluding tert-OH is 1. The second kappa shape index (κ2) is 2.86. The standard InChI is InChI=1S/C7H7ClN4O/c8-5-1-4(3-13)2-12-6(5)10-7(9)11-12/h1-2,13H,3H2,(H2,9,11). The summed E-state index contributed by atoms with van der Waals surface area (Å²) in [5, 5.41) is 13.2. The van der Waals surface area contributed by atoms with Crippen molar-refractivity contribution in [2.24, 2.45) is 0 Å². The number of nitrogens with zero attached hydrogens (tertiary/aromatic N) is 3. The number of rotatable bonds is 1. The van der Waals surface area contributed by atoms with Gasteiger partial charge in [0, 0.05) is 6.20 Å². The Morgan fingerprint density at radius 1 is 1.62 bits per heavy atom. The molecule has 13 heavy (non-hydrogen) atoms. The van der Waals surface area contributed by atoms with Crippen LogP contribution in [-0.2, 0) is 6.61 Å². The van der Waals surface area contributed by atoms with Crippen molar-refractivity contribution in [2.75, 3.05) is 5.73 Å². The van der Waals surface area contributed by atoms with E-state index in [0.717, 1.165) is 0 Å². The van der Waals surface area contributed by atoms with Crippen LogP contribution in [-0.4, -0.2) is 19.7 Å². The highest BCUT2D eigenvalue weighted by molar-refractivity contribution is 6.33. The number of nitrogen functional groups attached to an aromatic ring is 1. The summed E-state index contributed by atoms with van der Waals surface area (Å²) in [6, 6.07) is 1.63. The van der Waals surface area contributed by atoms with Gasteiger partial charge in [-0.3, -0.25) is 0 Å². The summed E-state index contributed by atoms with van der Waals surface area (Å²) in [7, 11) is 0. The minimum absolute atomic E-state index is 0.0879. The summed E-state index contributed by atoms with van der Waals surface area (Å²) in [4.78, 5) is 3.90. The molecule has 0 radical (unpaired) electrons. The lowest BCUT2D eigenvalue weighted by Gasteiger charge is -1.98. The second-order valence-electron chi connectivity index (χ2n) is 2.59. The molecule has 0 bridgehead atoms. The van der Waals surface area contributed by atoms with Crippen LogP contribution in [0.5, 0.6) is 0 Å². The average molecular weight is 199 g/mol. The highest BCUT2D eigenvalue weighted by Gasteiger charge is 2.05. The van der Waals surface area contributed by atoms with E-state index in [1.165, 1.54) is 4.52 Å². The van der Waals surface area contributed by atoms with E-state index in [1.54, 1.807) is 12.3 Å². The van der Waals surface area contributed by atoms with E-state index in [1.807, 2.05) is 0 Å². The highest BCUT2D eigenvalue weighted by Crippen LogP contribution is 2.17. The predicted octanol–water partition coefficient (Wildman–Crippen LogP) is 0.457. The third-order valence-electron chi connectivity index (χ3n) is 1.64. The Morgan fingerprint density at radius 2 is 2.38 bits per heavy atom. The van der Waals surface area contributed by atoms with Gasteiger partial charge in [-0.15, -0.1) is 5.10 Å². The predicted molar refractivity (Wildman–Crippen MR) is 48.3 cm³/mol. The first kappa shape index (κ1) is 8.28. The van der Waals surface area contributed by atoms with Crippen molar-refractivity contribution < 1.29 is 5.11 Å². The van der Waals surface area contributed by atoms with Crippen molar-refractivity contribution >= 4 is 23.2 Å². The highest BCUT2D eigenvalue weighted by atomic mass is 35.5. The van der Waals surface area contributed by atoms with Crippen LogP contribution in [0.2, 0.25) is 5.02 Å². The summed E-state index contributed by atoms with van der Waals surface area (Å²) in [5.41, 5.74) is 6.55. The fourth-order valence-corrected chi connectivity index (χ4v) is 1.37. The van der Waals surface area contributed by atoms with Crippen molar-refractivity contribution in [2.45, 2.75) is 6.61 Å². The molecule has 0 aliphatic rings. The van der Waals surface area contributed by atoms with Gasteiger partial charge in [-0.25, -0.2) is 4.52 Å². The van der Waals surface area contributed by atoms with Crippen LogP contribution in [0, 0.1) is 0 Å². The van der Waals surface area contributed by atoms with Gasteiger partial charge in [0.2, 0.25) is 5.95 Å². The van der Waals surface area contributed by atoms with Crippen LogP contribution >= 0.6 is 11.6 Å². The van der Waals surface area contributed by atoms with Gasteiger partial charge in [0.1, 0.15) is 0 Å². The fourth-order valence-electron chi connectivity index (χ4n) is 1.10.